The van der Waals surface area contributed by atoms with Crippen molar-refractivity contribution in [2.45, 2.75) is 32.7 Å². The molecule has 0 heterocycles. The highest BCUT2D eigenvalue weighted by atomic mass is 32.2. The zero-order valence-corrected chi connectivity index (χ0v) is 18.2. The number of benzene rings is 1. The van der Waals surface area contributed by atoms with Crippen molar-refractivity contribution < 1.29 is 17.9 Å². The molecule has 0 aromatic heterocycles. The number of hydrogen-bond donors (Lipinski definition) is 2. The van der Waals surface area contributed by atoms with E-state index in [9.17, 15) is 8.42 Å². The molecule has 1 aliphatic carbocycles. The molecule has 0 amide bonds. The summed E-state index contributed by atoms with van der Waals surface area (Å²) in [5.74, 6) is 1.74. The minimum absolute atomic E-state index is 0.148. The highest BCUT2D eigenvalue weighted by molar-refractivity contribution is 7.90. The van der Waals surface area contributed by atoms with Gasteiger partial charge >= 0.3 is 0 Å². The molecule has 2 rings (SSSR count). The lowest BCUT2D eigenvalue weighted by atomic mass is 10.1. The van der Waals surface area contributed by atoms with Gasteiger partial charge < -0.3 is 20.1 Å². The minimum atomic E-state index is -2.98. The van der Waals surface area contributed by atoms with Gasteiger partial charge in [0.05, 0.1) is 12.4 Å². The zero-order chi connectivity index (χ0) is 20.6. The molecule has 158 valence electrons. The minimum Gasteiger partial charge on any atom is -0.493 e. The molecule has 0 saturated heterocycles. The maximum Gasteiger partial charge on any atom is 0.191 e. The summed E-state index contributed by atoms with van der Waals surface area (Å²) in [4.78, 5) is 4.25. The molecule has 1 aromatic rings. The SMILES string of the molecule is CN=C(NCc1ccc(C)cc1OCCCOC)NCC1(CS(C)(=O)=O)CC1. The highest BCUT2D eigenvalue weighted by Gasteiger charge is 2.45. The average Bonchev–Trinajstić information content (AvgIpc) is 3.38. The Labute approximate surface area is 168 Å². The Hall–Kier alpha value is -1.80. The van der Waals surface area contributed by atoms with Gasteiger partial charge in [-0.2, -0.15) is 0 Å². The molecule has 0 radical (unpaired) electrons. The molecule has 0 bridgehead atoms. The van der Waals surface area contributed by atoms with E-state index in [1.54, 1.807) is 14.2 Å². The smallest absolute Gasteiger partial charge is 0.191 e. The van der Waals surface area contributed by atoms with Gasteiger partial charge in [0.1, 0.15) is 15.6 Å². The summed E-state index contributed by atoms with van der Waals surface area (Å²) < 4.78 is 34.2. The van der Waals surface area contributed by atoms with Crippen molar-refractivity contribution in [3.63, 3.8) is 0 Å². The van der Waals surface area contributed by atoms with Crippen molar-refractivity contribution >= 4 is 15.8 Å². The first-order valence-electron chi connectivity index (χ1n) is 9.60. The Balaban J connectivity index is 1.89. The molecule has 1 saturated carbocycles. The first-order valence-corrected chi connectivity index (χ1v) is 11.7. The van der Waals surface area contributed by atoms with Crippen LogP contribution >= 0.6 is 0 Å². The predicted molar refractivity (Wildman–Crippen MR) is 113 cm³/mol. The largest absolute Gasteiger partial charge is 0.493 e. The Bertz CT molecular complexity index is 774. The van der Waals surface area contributed by atoms with Crippen LogP contribution in [0.1, 0.15) is 30.4 Å². The van der Waals surface area contributed by atoms with Crippen LogP contribution in [0.3, 0.4) is 0 Å². The lowest BCUT2D eigenvalue weighted by Crippen LogP contribution is -2.41. The number of aryl methyl sites for hydroxylation is 1. The molecule has 1 aliphatic rings. The number of sulfone groups is 1. The van der Waals surface area contributed by atoms with Gasteiger partial charge in [-0.3, -0.25) is 4.99 Å². The van der Waals surface area contributed by atoms with E-state index >= 15 is 0 Å². The molecule has 0 aliphatic heterocycles. The van der Waals surface area contributed by atoms with Gasteiger partial charge in [0.2, 0.25) is 0 Å². The quantitative estimate of drug-likeness (QED) is 0.328. The van der Waals surface area contributed by atoms with Gasteiger partial charge in [-0.1, -0.05) is 12.1 Å². The number of nitrogens with zero attached hydrogens (tertiary/aromatic N) is 1. The van der Waals surface area contributed by atoms with Gasteiger partial charge in [-0.05, 0) is 31.4 Å². The van der Waals surface area contributed by atoms with E-state index in [1.807, 2.05) is 19.1 Å². The standard InChI is InChI=1S/C20H33N3O4S/c1-16-6-7-17(18(12-16)27-11-5-10-26-3)13-22-19(21-2)23-14-20(8-9-20)15-28(4,24)25/h6-7,12H,5,8-11,13-15H2,1-4H3,(H2,21,22,23). The Morgan fingerprint density at radius 3 is 2.61 bits per heavy atom. The van der Waals surface area contributed by atoms with Gasteiger partial charge in [0.25, 0.3) is 0 Å². The molecular formula is C20H33N3O4S. The van der Waals surface area contributed by atoms with Crippen LogP contribution in [0.25, 0.3) is 0 Å². The van der Waals surface area contributed by atoms with Crippen LogP contribution < -0.4 is 15.4 Å². The average molecular weight is 412 g/mol. The molecule has 1 fully saturated rings. The second kappa shape index (κ2) is 10.1. The Morgan fingerprint density at radius 2 is 2.00 bits per heavy atom. The van der Waals surface area contributed by atoms with Crippen molar-refractivity contribution in [1.82, 2.24) is 10.6 Å². The molecule has 2 N–H and O–H groups in total. The monoisotopic (exact) mass is 411 g/mol. The summed E-state index contributed by atoms with van der Waals surface area (Å²) >= 11 is 0. The van der Waals surface area contributed by atoms with Crippen LogP contribution in [-0.4, -0.2) is 60.3 Å². The van der Waals surface area contributed by atoms with Crippen LogP contribution in [0, 0.1) is 12.3 Å². The number of ether oxygens (including phenoxy) is 2. The van der Waals surface area contributed by atoms with Gasteiger partial charge in [-0.15, -0.1) is 0 Å². The fraction of sp³-hybridized carbons (Fsp3) is 0.650. The summed E-state index contributed by atoms with van der Waals surface area (Å²) in [5, 5.41) is 6.57. The Kier molecular flexibility index (Phi) is 8.12. The molecule has 28 heavy (non-hydrogen) atoms. The van der Waals surface area contributed by atoms with E-state index in [2.05, 4.69) is 21.7 Å². The van der Waals surface area contributed by atoms with Crippen molar-refractivity contribution in [2.75, 3.05) is 45.9 Å². The van der Waals surface area contributed by atoms with E-state index in [4.69, 9.17) is 9.47 Å². The fourth-order valence-electron chi connectivity index (χ4n) is 3.10. The van der Waals surface area contributed by atoms with E-state index in [0.29, 0.717) is 32.3 Å². The van der Waals surface area contributed by atoms with Crippen molar-refractivity contribution in [1.29, 1.82) is 0 Å². The van der Waals surface area contributed by atoms with Crippen molar-refractivity contribution in [2.24, 2.45) is 10.4 Å². The van der Waals surface area contributed by atoms with E-state index in [1.165, 1.54) is 6.26 Å². The molecular weight excluding hydrogens is 378 g/mol. The number of aliphatic imine (C=N–C) groups is 1. The van der Waals surface area contributed by atoms with Gasteiger partial charge in [-0.25, -0.2) is 8.42 Å². The maximum absolute atomic E-state index is 11.6. The number of methoxy groups -OCH3 is 1. The van der Waals surface area contributed by atoms with Crippen LogP contribution in [0.2, 0.25) is 0 Å². The lowest BCUT2D eigenvalue weighted by Gasteiger charge is -2.19. The normalized spacial score (nSPS) is 15.9. The van der Waals surface area contributed by atoms with E-state index < -0.39 is 9.84 Å². The topological polar surface area (TPSA) is 89.0 Å². The summed E-state index contributed by atoms with van der Waals surface area (Å²) in [6.45, 7) is 4.49. The summed E-state index contributed by atoms with van der Waals surface area (Å²) in [6.07, 6.45) is 4.00. The highest BCUT2D eigenvalue weighted by Crippen LogP contribution is 2.45. The summed E-state index contributed by atoms with van der Waals surface area (Å²) in [5.41, 5.74) is 2.04. The van der Waals surface area contributed by atoms with Crippen LogP contribution in [0.15, 0.2) is 23.2 Å². The molecule has 0 unspecified atom stereocenters. The van der Waals surface area contributed by atoms with Crippen LogP contribution in [-0.2, 0) is 21.1 Å². The number of hydrogen-bond acceptors (Lipinski definition) is 5. The van der Waals surface area contributed by atoms with Crippen LogP contribution in [0.5, 0.6) is 5.75 Å². The Morgan fingerprint density at radius 1 is 1.25 bits per heavy atom. The van der Waals surface area contributed by atoms with Crippen molar-refractivity contribution in [3.8, 4) is 5.75 Å². The molecule has 0 spiro atoms. The number of rotatable bonds is 11. The van der Waals surface area contributed by atoms with Crippen molar-refractivity contribution in [3.05, 3.63) is 29.3 Å². The van der Waals surface area contributed by atoms with Gasteiger partial charge in [0, 0.05) is 57.5 Å². The van der Waals surface area contributed by atoms with Crippen LogP contribution in [0.4, 0.5) is 0 Å². The fourth-order valence-corrected chi connectivity index (χ4v) is 4.61. The van der Waals surface area contributed by atoms with E-state index in [-0.39, 0.29) is 11.2 Å². The second-order valence-electron chi connectivity index (χ2n) is 7.66. The summed E-state index contributed by atoms with van der Waals surface area (Å²) in [6, 6.07) is 6.14. The predicted octanol–water partition coefficient (Wildman–Crippen LogP) is 1.90. The third kappa shape index (κ3) is 7.67. The first kappa shape index (κ1) is 22.5. The molecule has 8 heteroatoms. The second-order valence-corrected chi connectivity index (χ2v) is 9.80. The van der Waals surface area contributed by atoms with Gasteiger partial charge in [0.15, 0.2) is 5.96 Å². The molecule has 7 nitrogen and oxygen atoms in total. The third-order valence-corrected chi connectivity index (χ3v) is 5.94. The maximum atomic E-state index is 11.6. The summed E-state index contributed by atoms with van der Waals surface area (Å²) in [7, 11) is 0.416. The lowest BCUT2D eigenvalue weighted by molar-refractivity contribution is 0.171. The zero-order valence-electron chi connectivity index (χ0n) is 17.4. The molecule has 1 aromatic carbocycles. The number of guanidine groups is 1. The first-order chi connectivity index (χ1) is 13.3. The van der Waals surface area contributed by atoms with E-state index in [0.717, 1.165) is 36.1 Å². The number of nitrogens with one attached hydrogen (secondary N) is 2. The molecule has 0 atom stereocenters. The third-order valence-electron chi connectivity index (χ3n) is 4.80.